The van der Waals surface area contributed by atoms with Gasteiger partial charge in [0.25, 0.3) is 0 Å². The van der Waals surface area contributed by atoms with E-state index < -0.39 is 6.04 Å². The van der Waals surface area contributed by atoms with E-state index in [0.717, 1.165) is 30.8 Å². The summed E-state index contributed by atoms with van der Waals surface area (Å²) in [5.74, 6) is 0.606. The van der Waals surface area contributed by atoms with Crippen molar-refractivity contribution in [2.45, 2.75) is 18.9 Å². The highest BCUT2D eigenvalue weighted by Crippen LogP contribution is 2.26. The minimum Gasteiger partial charge on any atom is -0.493 e. The Morgan fingerprint density at radius 2 is 2.24 bits per heavy atom. The fourth-order valence-electron chi connectivity index (χ4n) is 3.00. The van der Waals surface area contributed by atoms with Crippen molar-refractivity contribution in [3.05, 3.63) is 64.7 Å². The Morgan fingerprint density at radius 3 is 3.04 bits per heavy atom. The first-order chi connectivity index (χ1) is 12.2. The molecule has 1 atom stereocenters. The van der Waals surface area contributed by atoms with Gasteiger partial charge in [-0.1, -0.05) is 24.3 Å². The van der Waals surface area contributed by atoms with Gasteiger partial charge in [0.05, 0.1) is 25.3 Å². The molecular weight excluding hydrogens is 316 g/mol. The van der Waals surface area contributed by atoms with Crippen LogP contribution in [0.5, 0.6) is 5.75 Å². The van der Waals surface area contributed by atoms with Crippen LogP contribution in [0.4, 0.5) is 0 Å². The molecule has 0 bridgehead atoms. The van der Waals surface area contributed by atoms with Gasteiger partial charge in [0, 0.05) is 13.0 Å². The van der Waals surface area contributed by atoms with Gasteiger partial charge in [-0.05, 0) is 41.3 Å². The predicted molar refractivity (Wildman–Crippen MR) is 93.3 cm³/mol. The summed E-state index contributed by atoms with van der Waals surface area (Å²) < 4.78 is 10.4. The Morgan fingerprint density at radius 1 is 1.36 bits per heavy atom. The van der Waals surface area contributed by atoms with Gasteiger partial charge in [0.15, 0.2) is 0 Å². The van der Waals surface area contributed by atoms with E-state index in [4.69, 9.17) is 14.7 Å². The predicted octanol–water partition coefficient (Wildman–Crippen LogP) is 2.54. The van der Waals surface area contributed by atoms with E-state index in [1.807, 2.05) is 12.1 Å². The van der Waals surface area contributed by atoms with Crippen molar-refractivity contribution in [3.8, 4) is 11.8 Å². The number of nitrogens with zero attached hydrogens (tertiary/aromatic N) is 1. The van der Waals surface area contributed by atoms with E-state index in [0.29, 0.717) is 12.1 Å². The molecule has 0 aliphatic carbocycles. The van der Waals surface area contributed by atoms with Crippen molar-refractivity contribution >= 4 is 5.97 Å². The van der Waals surface area contributed by atoms with Crippen LogP contribution in [-0.4, -0.2) is 26.2 Å². The molecule has 2 aromatic rings. The summed E-state index contributed by atoms with van der Waals surface area (Å²) in [5, 5.41) is 12.3. The normalized spacial score (nSPS) is 13.4. The zero-order chi connectivity index (χ0) is 17.6. The van der Waals surface area contributed by atoms with Crippen molar-refractivity contribution in [1.82, 2.24) is 5.32 Å². The number of rotatable bonds is 6. The standard InChI is InChI=1S/C20H20N2O3/c1-24-20(23)19(17-4-2-3-15(12-17)13-21)22-9-7-14-5-6-18-16(11-14)8-10-25-18/h2-6,11-12,19,22H,7-10H2,1H3/t19-/m0/s1. The molecule has 25 heavy (non-hydrogen) atoms. The van der Waals surface area contributed by atoms with Crippen LogP contribution in [0.3, 0.4) is 0 Å². The smallest absolute Gasteiger partial charge is 0.327 e. The van der Waals surface area contributed by atoms with E-state index in [2.05, 4.69) is 23.5 Å². The summed E-state index contributed by atoms with van der Waals surface area (Å²) in [5.41, 5.74) is 3.69. The van der Waals surface area contributed by atoms with Crippen LogP contribution in [-0.2, 0) is 22.4 Å². The fourth-order valence-corrected chi connectivity index (χ4v) is 3.00. The van der Waals surface area contributed by atoms with Crippen LogP contribution in [0.15, 0.2) is 42.5 Å². The molecular formula is C20H20N2O3. The Kier molecular flexibility index (Phi) is 5.32. The molecule has 5 nitrogen and oxygen atoms in total. The summed E-state index contributed by atoms with van der Waals surface area (Å²) in [6.07, 6.45) is 1.74. The van der Waals surface area contributed by atoms with Crippen LogP contribution in [0, 0.1) is 11.3 Å². The van der Waals surface area contributed by atoms with Crippen LogP contribution in [0.1, 0.15) is 28.3 Å². The van der Waals surface area contributed by atoms with Gasteiger partial charge in [-0.15, -0.1) is 0 Å². The lowest BCUT2D eigenvalue weighted by atomic mass is 10.0. The number of benzene rings is 2. The molecule has 3 rings (SSSR count). The molecule has 0 saturated heterocycles. The van der Waals surface area contributed by atoms with Gasteiger partial charge >= 0.3 is 5.97 Å². The lowest BCUT2D eigenvalue weighted by molar-refractivity contribution is -0.143. The van der Waals surface area contributed by atoms with E-state index in [1.165, 1.54) is 18.2 Å². The molecule has 0 spiro atoms. The number of methoxy groups -OCH3 is 1. The van der Waals surface area contributed by atoms with Crippen LogP contribution >= 0.6 is 0 Å². The highest BCUT2D eigenvalue weighted by atomic mass is 16.5. The van der Waals surface area contributed by atoms with Gasteiger partial charge in [-0.3, -0.25) is 0 Å². The molecule has 0 radical (unpaired) electrons. The van der Waals surface area contributed by atoms with Crippen LogP contribution in [0.25, 0.3) is 0 Å². The number of esters is 1. The maximum absolute atomic E-state index is 12.1. The molecule has 0 amide bonds. The molecule has 1 aliphatic rings. The largest absolute Gasteiger partial charge is 0.493 e. The number of nitrogens with one attached hydrogen (secondary N) is 1. The maximum atomic E-state index is 12.1. The van der Waals surface area contributed by atoms with Gasteiger partial charge in [-0.25, -0.2) is 4.79 Å². The number of ether oxygens (including phenoxy) is 2. The maximum Gasteiger partial charge on any atom is 0.327 e. The number of nitriles is 1. The minimum absolute atomic E-state index is 0.363. The van der Waals surface area contributed by atoms with Crippen molar-refractivity contribution in [3.63, 3.8) is 0 Å². The Bertz CT molecular complexity index is 811. The third-order valence-electron chi connectivity index (χ3n) is 4.30. The molecule has 5 heteroatoms. The Labute approximate surface area is 147 Å². The second-order valence-electron chi connectivity index (χ2n) is 5.94. The fraction of sp³-hybridized carbons (Fsp3) is 0.300. The summed E-state index contributed by atoms with van der Waals surface area (Å²) in [7, 11) is 1.37. The number of fused-ring (bicyclic) bond motifs is 1. The molecule has 0 saturated carbocycles. The average molecular weight is 336 g/mol. The molecule has 1 heterocycles. The quantitative estimate of drug-likeness (QED) is 0.821. The highest BCUT2D eigenvalue weighted by molar-refractivity contribution is 5.77. The van der Waals surface area contributed by atoms with E-state index >= 15 is 0 Å². The minimum atomic E-state index is -0.587. The topological polar surface area (TPSA) is 71.3 Å². The number of hydrogen-bond donors (Lipinski definition) is 1. The average Bonchev–Trinajstić information content (AvgIpc) is 3.12. The third-order valence-corrected chi connectivity index (χ3v) is 4.30. The van der Waals surface area contributed by atoms with E-state index in [-0.39, 0.29) is 5.97 Å². The van der Waals surface area contributed by atoms with Crippen molar-refractivity contribution < 1.29 is 14.3 Å². The Hall–Kier alpha value is -2.84. The third kappa shape index (κ3) is 3.98. The van der Waals surface area contributed by atoms with Gasteiger partial charge < -0.3 is 14.8 Å². The lowest BCUT2D eigenvalue weighted by Gasteiger charge is -2.17. The van der Waals surface area contributed by atoms with Crippen LogP contribution in [0.2, 0.25) is 0 Å². The molecule has 0 unspecified atom stereocenters. The monoisotopic (exact) mass is 336 g/mol. The zero-order valence-electron chi connectivity index (χ0n) is 14.1. The molecule has 2 aromatic carbocycles. The van der Waals surface area contributed by atoms with Crippen molar-refractivity contribution in [1.29, 1.82) is 5.26 Å². The number of carbonyl (C=O) groups is 1. The zero-order valence-corrected chi connectivity index (χ0v) is 14.1. The first kappa shape index (κ1) is 17.0. The molecule has 128 valence electrons. The molecule has 1 aliphatic heterocycles. The number of hydrogen-bond acceptors (Lipinski definition) is 5. The number of carbonyl (C=O) groups excluding carboxylic acids is 1. The van der Waals surface area contributed by atoms with Crippen LogP contribution < -0.4 is 10.1 Å². The highest BCUT2D eigenvalue weighted by Gasteiger charge is 2.21. The second kappa shape index (κ2) is 7.82. The lowest BCUT2D eigenvalue weighted by Crippen LogP contribution is -2.31. The van der Waals surface area contributed by atoms with Gasteiger partial charge in [0.2, 0.25) is 0 Å². The Balaban J connectivity index is 1.67. The molecule has 1 N–H and O–H groups in total. The first-order valence-electron chi connectivity index (χ1n) is 8.27. The van der Waals surface area contributed by atoms with Gasteiger partial charge in [0.1, 0.15) is 11.8 Å². The summed E-state index contributed by atoms with van der Waals surface area (Å²) >= 11 is 0. The summed E-state index contributed by atoms with van der Waals surface area (Å²) in [4.78, 5) is 12.1. The van der Waals surface area contributed by atoms with E-state index in [1.54, 1.807) is 18.2 Å². The van der Waals surface area contributed by atoms with E-state index in [9.17, 15) is 4.79 Å². The SMILES string of the molecule is COC(=O)[C@@H](NCCc1ccc2c(c1)CCO2)c1cccc(C#N)c1. The van der Waals surface area contributed by atoms with Gasteiger partial charge in [-0.2, -0.15) is 5.26 Å². The van der Waals surface area contributed by atoms with Crippen molar-refractivity contribution in [2.75, 3.05) is 20.3 Å². The summed E-state index contributed by atoms with van der Waals surface area (Å²) in [6, 6.07) is 14.7. The molecule has 0 fully saturated rings. The first-order valence-corrected chi connectivity index (χ1v) is 8.27. The van der Waals surface area contributed by atoms with Crippen molar-refractivity contribution in [2.24, 2.45) is 0 Å². The second-order valence-corrected chi connectivity index (χ2v) is 5.94. The molecule has 0 aromatic heterocycles. The summed E-state index contributed by atoms with van der Waals surface area (Å²) in [6.45, 7) is 1.37.